The minimum atomic E-state index is -2.76. The molecule has 0 aliphatic rings. The van der Waals surface area contributed by atoms with Gasteiger partial charge in [-0.25, -0.2) is 0 Å². The average molecular weight is 449 g/mol. The summed E-state index contributed by atoms with van der Waals surface area (Å²) in [5.74, 6) is 0.965. The highest BCUT2D eigenvalue weighted by Crippen LogP contribution is 2.16. The van der Waals surface area contributed by atoms with E-state index < -0.39 is 8.32 Å². The van der Waals surface area contributed by atoms with Crippen LogP contribution in [0.3, 0.4) is 0 Å². The van der Waals surface area contributed by atoms with E-state index in [-0.39, 0.29) is 0 Å². The van der Waals surface area contributed by atoms with Crippen molar-refractivity contribution in [1.29, 1.82) is 0 Å². The fourth-order valence-corrected chi connectivity index (χ4v) is 8.03. The maximum Gasteiger partial charge on any atom is 0.346 e. The summed E-state index contributed by atoms with van der Waals surface area (Å²) in [4.78, 5) is 0. The monoisotopic (exact) mass is 448 g/mol. The minimum Gasteiger partial charge on any atom is -0.534 e. The normalized spacial score (nSPS) is 11.9. The van der Waals surface area contributed by atoms with E-state index >= 15 is 0 Å². The molecule has 0 N–H and O–H groups in total. The Morgan fingerprint density at radius 2 is 1.00 bits per heavy atom. The molecule has 4 aromatic rings. The molecule has 0 unspecified atom stereocenters. The number of rotatable bonds is 7. The van der Waals surface area contributed by atoms with E-state index in [0.717, 1.165) is 12.2 Å². The molecule has 0 spiro atoms. The van der Waals surface area contributed by atoms with E-state index in [4.69, 9.17) is 4.43 Å². The molecule has 0 aromatic heterocycles. The largest absolute Gasteiger partial charge is 0.534 e. The maximum atomic E-state index is 7.14. The van der Waals surface area contributed by atoms with Crippen molar-refractivity contribution in [2.45, 2.75) is 34.1 Å². The Kier molecular flexibility index (Phi) is 6.95. The van der Waals surface area contributed by atoms with Crippen LogP contribution in [0.2, 0.25) is 0 Å². The first-order valence-electron chi connectivity index (χ1n) is 11.6. The van der Waals surface area contributed by atoms with Gasteiger partial charge in [-0.15, -0.1) is 0 Å². The summed E-state index contributed by atoms with van der Waals surface area (Å²) in [6.07, 6.45) is 3.07. The zero-order valence-corrected chi connectivity index (χ0v) is 21.0. The third-order valence-corrected chi connectivity index (χ3v) is 10.2. The third-order valence-electron chi connectivity index (χ3n) is 6.16. The molecule has 33 heavy (non-hydrogen) atoms. The van der Waals surface area contributed by atoms with Crippen LogP contribution < -0.4 is 15.6 Å². The van der Waals surface area contributed by atoms with Crippen molar-refractivity contribution in [3.63, 3.8) is 0 Å². The van der Waals surface area contributed by atoms with Crippen molar-refractivity contribution in [2.75, 3.05) is 0 Å². The zero-order valence-electron chi connectivity index (χ0n) is 20.0. The Morgan fingerprint density at radius 3 is 1.39 bits per heavy atom. The Hall–Kier alpha value is -3.36. The summed E-state index contributed by atoms with van der Waals surface area (Å²) in [6, 6.07) is 37.3. The lowest BCUT2D eigenvalue weighted by Gasteiger charge is -2.34. The minimum absolute atomic E-state index is 0.854. The molecule has 0 fully saturated rings. The van der Waals surface area contributed by atoms with Crippen LogP contribution in [-0.4, -0.2) is 8.32 Å². The van der Waals surface area contributed by atoms with Gasteiger partial charge in [-0.1, -0.05) is 120 Å². The van der Waals surface area contributed by atoms with Crippen LogP contribution in [0.15, 0.2) is 115 Å². The van der Waals surface area contributed by atoms with Crippen LogP contribution in [0.4, 0.5) is 0 Å². The van der Waals surface area contributed by atoms with Gasteiger partial charge in [0.05, 0.1) is 5.76 Å². The molecular formula is C31H32OSi. The van der Waals surface area contributed by atoms with Gasteiger partial charge in [0.15, 0.2) is 0 Å². The van der Waals surface area contributed by atoms with Gasteiger partial charge in [0.2, 0.25) is 0 Å². The quantitative estimate of drug-likeness (QED) is 0.199. The van der Waals surface area contributed by atoms with E-state index in [1.54, 1.807) is 0 Å². The predicted molar refractivity (Wildman–Crippen MR) is 143 cm³/mol. The molecule has 166 valence electrons. The molecule has 0 saturated heterocycles. The number of hydrogen-bond donors (Lipinski definition) is 0. The van der Waals surface area contributed by atoms with Gasteiger partial charge in [-0.3, -0.25) is 0 Å². The second kappa shape index (κ2) is 10.1. The molecule has 0 aliphatic heterocycles. The summed E-state index contributed by atoms with van der Waals surface area (Å²) in [7, 11) is -2.76. The second-order valence-corrected chi connectivity index (χ2v) is 12.2. The van der Waals surface area contributed by atoms with Gasteiger partial charge in [-0.05, 0) is 61.3 Å². The molecule has 0 heterocycles. The van der Waals surface area contributed by atoms with Crippen molar-refractivity contribution >= 4 is 23.9 Å². The van der Waals surface area contributed by atoms with Gasteiger partial charge in [0.25, 0.3) is 0 Å². The van der Waals surface area contributed by atoms with Gasteiger partial charge in [-0.2, -0.15) is 0 Å². The van der Waals surface area contributed by atoms with E-state index in [9.17, 15) is 0 Å². The Balaban J connectivity index is 1.87. The van der Waals surface area contributed by atoms with E-state index in [1.807, 2.05) is 0 Å². The number of allylic oxidation sites excluding steroid dienone is 2. The van der Waals surface area contributed by atoms with Crippen LogP contribution >= 0.6 is 0 Å². The molecule has 2 heteroatoms. The van der Waals surface area contributed by atoms with Crippen LogP contribution in [0.25, 0.3) is 0 Å². The van der Waals surface area contributed by atoms with Crippen LogP contribution in [0, 0.1) is 20.8 Å². The molecule has 0 atom stereocenters. The molecule has 0 radical (unpaired) electrons. The lowest BCUT2D eigenvalue weighted by molar-refractivity contribution is 0.437. The molecular weight excluding hydrogens is 416 g/mol. The number of benzene rings is 4. The van der Waals surface area contributed by atoms with Crippen molar-refractivity contribution in [1.82, 2.24) is 0 Å². The second-order valence-electron chi connectivity index (χ2n) is 8.89. The Labute approximate surface area is 199 Å². The predicted octanol–water partition coefficient (Wildman–Crippen LogP) is 5.74. The third kappa shape index (κ3) is 5.18. The van der Waals surface area contributed by atoms with E-state index in [0.29, 0.717) is 0 Å². The first-order chi connectivity index (χ1) is 16.0. The lowest BCUT2D eigenvalue weighted by Crippen LogP contribution is -2.69. The summed E-state index contributed by atoms with van der Waals surface area (Å²) in [6.45, 7) is 8.51. The fourth-order valence-electron chi connectivity index (χ4n) is 4.20. The van der Waals surface area contributed by atoms with Crippen molar-refractivity contribution in [2.24, 2.45) is 0 Å². The number of aryl methyl sites for hydroxylation is 3. The van der Waals surface area contributed by atoms with Crippen LogP contribution in [-0.2, 0) is 10.8 Å². The molecule has 0 bridgehead atoms. The molecule has 4 rings (SSSR count). The van der Waals surface area contributed by atoms with Crippen LogP contribution in [0.5, 0.6) is 0 Å². The van der Waals surface area contributed by atoms with Crippen molar-refractivity contribution in [3.8, 4) is 0 Å². The maximum absolute atomic E-state index is 7.14. The van der Waals surface area contributed by atoms with E-state index in [1.165, 1.54) is 37.8 Å². The smallest absolute Gasteiger partial charge is 0.346 e. The summed E-state index contributed by atoms with van der Waals surface area (Å²) in [5, 5.41) is 3.77. The summed E-state index contributed by atoms with van der Waals surface area (Å²) >= 11 is 0. The highest BCUT2D eigenvalue weighted by molar-refractivity contribution is 7.07. The number of hydrogen-bond acceptors (Lipinski definition) is 1. The standard InChI is InChI=1S/C31H32OSi/c1-24-10-18-29(19-11-24)33(30-20-12-25(2)13-21-30,31-22-14-26(3)15-23-31)32-27(4)16-17-28-8-6-5-7-9-28/h5-16,18-23H,17H2,1-4H3/b27-16+. The summed E-state index contributed by atoms with van der Waals surface area (Å²) in [5.41, 5.74) is 5.05. The van der Waals surface area contributed by atoms with Gasteiger partial charge in [0.1, 0.15) is 0 Å². The first-order valence-corrected chi connectivity index (χ1v) is 13.5. The molecule has 0 aliphatic carbocycles. The van der Waals surface area contributed by atoms with Gasteiger partial charge < -0.3 is 4.43 Å². The highest BCUT2D eigenvalue weighted by Gasteiger charge is 2.44. The van der Waals surface area contributed by atoms with Crippen LogP contribution in [0.1, 0.15) is 29.2 Å². The van der Waals surface area contributed by atoms with E-state index in [2.05, 4.69) is 137 Å². The van der Waals surface area contributed by atoms with Crippen molar-refractivity contribution in [3.05, 3.63) is 137 Å². The average Bonchev–Trinajstić information content (AvgIpc) is 2.84. The van der Waals surface area contributed by atoms with Crippen molar-refractivity contribution < 1.29 is 4.43 Å². The molecule has 0 amide bonds. The molecule has 1 nitrogen and oxygen atoms in total. The topological polar surface area (TPSA) is 9.23 Å². The first kappa shape index (κ1) is 22.8. The molecule has 0 saturated carbocycles. The highest BCUT2D eigenvalue weighted by atomic mass is 28.4. The zero-order chi connectivity index (χ0) is 23.3. The lowest BCUT2D eigenvalue weighted by atomic mass is 10.1. The van der Waals surface area contributed by atoms with Gasteiger partial charge in [0, 0.05) is 0 Å². The Morgan fingerprint density at radius 1 is 0.606 bits per heavy atom. The SMILES string of the molecule is C/C(=C\Cc1ccccc1)O[Si](c1ccc(C)cc1)(c1ccc(C)cc1)c1ccc(C)cc1. The van der Waals surface area contributed by atoms with Gasteiger partial charge >= 0.3 is 8.32 Å². The Bertz CT molecular complexity index is 1090. The summed E-state index contributed by atoms with van der Waals surface area (Å²) < 4.78 is 7.14. The fraction of sp³-hybridized carbons (Fsp3) is 0.161. The molecule has 4 aromatic carbocycles.